The lowest BCUT2D eigenvalue weighted by Crippen LogP contribution is -2.48. The number of hydrogen-bond donors (Lipinski definition) is 1. The molecule has 7 nitrogen and oxygen atoms in total. The average Bonchev–Trinajstić information content (AvgIpc) is 2.74. The highest BCUT2D eigenvalue weighted by atomic mass is 32.2. The van der Waals surface area contributed by atoms with Crippen LogP contribution < -0.4 is 19.1 Å². The van der Waals surface area contributed by atoms with E-state index in [1.165, 1.54) is 4.31 Å². The van der Waals surface area contributed by atoms with E-state index in [1.807, 2.05) is 43.3 Å². The predicted molar refractivity (Wildman–Crippen MR) is 119 cm³/mol. The average molecular weight is 439 g/mol. The summed E-state index contributed by atoms with van der Waals surface area (Å²) in [6.45, 7) is 1.76. The highest BCUT2D eigenvalue weighted by Crippen LogP contribution is 2.36. The molecule has 0 saturated carbocycles. The number of nitrogens with zero attached hydrogens (tertiary/aromatic N) is 1. The van der Waals surface area contributed by atoms with Gasteiger partial charge in [0.15, 0.2) is 6.10 Å². The molecular formula is C23H22N2O5S. The number of carbonyl (C=O) groups excluding carboxylic acids is 1. The van der Waals surface area contributed by atoms with E-state index in [0.29, 0.717) is 28.6 Å². The van der Waals surface area contributed by atoms with E-state index < -0.39 is 22.0 Å². The number of carbonyl (C=O) groups is 1. The van der Waals surface area contributed by atoms with E-state index in [9.17, 15) is 13.2 Å². The SMILES string of the molecule is Cc1ccc2c(c1)N(S(C)(=O)=O)CC(C(=O)Nc1ccc(Oc3ccccc3)cc1)O2. The van der Waals surface area contributed by atoms with Crippen LogP contribution in [0.15, 0.2) is 72.8 Å². The van der Waals surface area contributed by atoms with Gasteiger partial charge in [0.05, 0.1) is 18.5 Å². The largest absolute Gasteiger partial charge is 0.476 e. The molecule has 0 saturated heterocycles. The lowest BCUT2D eigenvalue weighted by atomic mass is 10.1. The smallest absolute Gasteiger partial charge is 0.267 e. The molecular weight excluding hydrogens is 416 g/mol. The quantitative estimate of drug-likeness (QED) is 0.652. The highest BCUT2D eigenvalue weighted by Gasteiger charge is 2.35. The van der Waals surface area contributed by atoms with Crippen LogP contribution in [0, 0.1) is 6.92 Å². The molecule has 0 radical (unpaired) electrons. The van der Waals surface area contributed by atoms with Crippen molar-refractivity contribution in [2.45, 2.75) is 13.0 Å². The van der Waals surface area contributed by atoms with Crippen molar-refractivity contribution in [2.24, 2.45) is 0 Å². The molecule has 1 amide bonds. The Kier molecular flexibility index (Phi) is 5.56. The fourth-order valence-corrected chi connectivity index (χ4v) is 4.17. The maximum atomic E-state index is 12.8. The van der Waals surface area contributed by atoms with Crippen molar-refractivity contribution in [1.29, 1.82) is 0 Å². The van der Waals surface area contributed by atoms with Crippen molar-refractivity contribution >= 4 is 27.3 Å². The first-order chi connectivity index (χ1) is 14.8. The van der Waals surface area contributed by atoms with Crippen molar-refractivity contribution in [1.82, 2.24) is 0 Å². The van der Waals surface area contributed by atoms with Crippen LogP contribution in [-0.2, 0) is 14.8 Å². The molecule has 1 atom stereocenters. The number of fused-ring (bicyclic) bond motifs is 1. The first-order valence-corrected chi connectivity index (χ1v) is 11.5. The number of hydrogen-bond acceptors (Lipinski definition) is 5. The Morgan fingerprint density at radius 3 is 2.39 bits per heavy atom. The third-order valence-electron chi connectivity index (χ3n) is 4.78. The Morgan fingerprint density at radius 2 is 1.71 bits per heavy atom. The molecule has 0 spiro atoms. The van der Waals surface area contributed by atoms with Gasteiger partial charge in [-0.2, -0.15) is 0 Å². The minimum atomic E-state index is -3.57. The van der Waals surface area contributed by atoms with Gasteiger partial charge in [-0.3, -0.25) is 9.10 Å². The Labute approximate surface area is 181 Å². The molecule has 8 heteroatoms. The molecule has 1 aliphatic rings. The van der Waals surface area contributed by atoms with Crippen LogP contribution >= 0.6 is 0 Å². The van der Waals surface area contributed by atoms with Crippen LogP contribution in [-0.4, -0.2) is 33.2 Å². The van der Waals surface area contributed by atoms with Crippen LogP contribution in [0.4, 0.5) is 11.4 Å². The van der Waals surface area contributed by atoms with E-state index in [4.69, 9.17) is 9.47 Å². The molecule has 1 N–H and O–H groups in total. The van der Waals surface area contributed by atoms with Gasteiger partial charge < -0.3 is 14.8 Å². The topological polar surface area (TPSA) is 84.9 Å². The molecule has 160 valence electrons. The van der Waals surface area contributed by atoms with Gasteiger partial charge in [-0.1, -0.05) is 24.3 Å². The summed E-state index contributed by atoms with van der Waals surface area (Å²) in [5, 5.41) is 2.78. The van der Waals surface area contributed by atoms with E-state index in [1.54, 1.807) is 36.4 Å². The second kappa shape index (κ2) is 8.31. The van der Waals surface area contributed by atoms with Gasteiger partial charge in [-0.25, -0.2) is 8.42 Å². The number of aryl methyl sites for hydroxylation is 1. The van der Waals surface area contributed by atoms with Gasteiger partial charge in [-0.15, -0.1) is 0 Å². The van der Waals surface area contributed by atoms with Crippen molar-refractivity contribution in [2.75, 3.05) is 22.4 Å². The minimum Gasteiger partial charge on any atom is -0.476 e. The van der Waals surface area contributed by atoms with Gasteiger partial charge >= 0.3 is 0 Å². The van der Waals surface area contributed by atoms with Crippen molar-refractivity contribution in [3.05, 3.63) is 78.4 Å². The van der Waals surface area contributed by atoms with Crippen molar-refractivity contribution in [3.8, 4) is 17.2 Å². The zero-order valence-electron chi connectivity index (χ0n) is 17.1. The van der Waals surface area contributed by atoms with E-state index >= 15 is 0 Å². The molecule has 0 aliphatic carbocycles. The monoisotopic (exact) mass is 438 g/mol. The first kappa shape index (κ1) is 20.7. The van der Waals surface area contributed by atoms with Gasteiger partial charge in [0.1, 0.15) is 17.2 Å². The molecule has 3 aromatic carbocycles. The number of amides is 1. The molecule has 0 aromatic heterocycles. The van der Waals surface area contributed by atoms with Crippen molar-refractivity contribution < 1.29 is 22.7 Å². The summed E-state index contributed by atoms with van der Waals surface area (Å²) in [4.78, 5) is 12.8. The second-order valence-corrected chi connectivity index (χ2v) is 9.21. The van der Waals surface area contributed by atoms with Crippen molar-refractivity contribution in [3.63, 3.8) is 0 Å². The summed E-state index contributed by atoms with van der Waals surface area (Å²) in [5.74, 6) is 1.26. The van der Waals surface area contributed by atoms with Gasteiger partial charge in [0.2, 0.25) is 10.0 Å². The number of sulfonamides is 1. The maximum Gasteiger partial charge on any atom is 0.267 e. The molecule has 1 aliphatic heterocycles. The standard InChI is InChI=1S/C23H22N2O5S/c1-16-8-13-21-20(14-16)25(31(2,27)28)15-22(30-21)23(26)24-17-9-11-19(12-10-17)29-18-6-4-3-5-7-18/h3-14,22H,15H2,1-2H3,(H,24,26). The Bertz CT molecular complexity index is 1190. The second-order valence-electron chi connectivity index (χ2n) is 7.30. The Morgan fingerprint density at radius 1 is 1.03 bits per heavy atom. The number of para-hydroxylation sites is 1. The zero-order valence-corrected chi connectivity index (χ0v) is 17.9. The van der Waals surface area contributed by atoms with Crippen LogP contribution in [0.5, 0.6) is 17.2 Å². The van der Waals surface area contributed by atoms with Gasteiger partial charge in [0.25, 0.3) is 5.91 Å². The van der Waals surface area contributed by atoms with E-state index in [0.717, 1.165) is 11.8 Å². The minimum absolute atomic E-state index is 0.101. The summed E-state index contributed by atoms with van der Waals surface area (Å²) < 4.78 is 37.4. The third kappa shape index (κ3) is 4.80. The predicted octanol–water partition coefficient (Wildman–Crippen LogP) is 3.95. The number of rotatable bonds is 5. The first-order valence-electron chi connectivity index (χ1n) is 9.68. The molecule has 0 fully saturated rings. The van der Waals surface area contributed by atoms with E-state index in [-0.39, 0.29) is 6.54 Å². The molecule has 1 heterocycles. The third-order valence-corrected chi connectivity index (χ3v) is 5.92. The summed E-state index contributed by atoms with van der Waals surface area (Å²) in [6.07, 6.45) is 0.135. The zero-order chi connectivity index (χ0) is 22.0. The molecule has 4 rings (SSSR count). The molecule has 0 bridgehead atoms. The fourth-order valence-electron chi connectivity index (χ4n) is 3.27. The summed E-state index contributed by atoms with van der Waals surface area (Å²) in [5.41, 5.74) is 1.89. The number of benzene rings is 3. The summed E-state index contributed by atoms with van der Waals surface area (Å²) >= 11 is 0. The maximum absolute atomic E-state index is 12.8. The molecule has 3 aromatic rings. The summed E-state index contributed by atoms with van der Waals surface area (Å²) in [6, 6.07) is 21.5. The van der Waals surface area contributed by atoms with Crippen LogP contribution in [0.25, 0.3) is 0 Å². The van der Waals surface area contributed by atoms with Crippen LogP contribution in [0.1, 0.15) is 5.56 Å². The number of anilines is 2. The number of nitrogens with one attached hydrogen (secondary N) is 1. The lowest BCUT2D eigenvalue weighted by Gasteiger charge is -2.34. The Hall–Kier alpha value is -3.52. The Balaban J connectivity index is 1.48. The summed E-state index contributed by atoms with van der Waals surface area (Å²) in [7, 11) is -3.57. The van der Waals surface area contributed by atoms with E-state index in [2.05, 4.69) is 5.32 Å². The van der Waals surface area contributed by atoms with Gasteiger partial charge in [0, 0.05) is 5.69 Å². The van der Waals surface area contributed by atoms with Crippen LogP contribution in [0.2, 0.25) is 0 Å². The highest BCUT2D eigenvalue weighted by molar-refractivity contribution is 7.92. The molecule has 1 unspecified atom stereocenters. The van der Waals surface area contributed by atoms with Gasteiger partial charge in [-0.05, 0) is 61.0 Å². The molecule has 31 heavy (non-hydrogen) atoms. The number of ether oxygens (including phenoxy) is 2. The normalized spacial score (nSPS) is 15.5. The van der Waals surface area contributed by atoms with Crippen LogP contribution in [0.3, 0.4) is 0 Å². The fraction of sp³-hybridized carbons (Fsp3) is 0.174. The lowest BCUT2D eigenvalue weighted by molar-refractivity contribution is -0.122.